The Bertz CT molecular complexity index is 757. The van der Waals surface area contributed by atoms with Gasteiger partial charge in [0.25, 0.3) is 0 Å². The van der Waals surface area contributed by atoms with E-state index >= 15 is 0 Å². The summed E-state index contributed by atoms with van der Waals surface area (Å²) in [5.74, 6) is 0.197. The maximum Gasteiger partial charge on any atom is 0.248 e. The summed E-state index contributed by atoms with van der Waals surface area (Å²) in [6.07, 6.45) is 1.19. The van der Waals surface area contributed by atoms with Crippen LogP contribution in [0.1, 0.15) is 30.9 Å². The van der Waals surface area contributed by atoms with Crippen molar-refractivity contribution in [1.82, 2.24) is 4.90 Å². The van der Waals surface area contributed by atoms with Crippen molar-refractivity contribution < 1.29 is 13.2 Å². The smallest absolute Gasteiger partial charge is 0.248 e. The molecule has 0 saturated carbocycles. The molecule has 0 bridgehead atoms. The molecule has 2 heterocycles. The fourth-order valence-electron chi connectivity index (χ4n) is 3.09. The highest BCUT2D eigenvalue weighted by molar-refractivity contribution is 8.15. The second-order valence-electron chi connectivity index (χ2n) is 6.45. The largest absolute Gasteiger partial charge is 0.342 e. The quantitative estimate of drug-likeness (QED) is 0.818. The molecule has 2 saturated heterocycles. The monoisotopic (exact) mass is 366 g/mol. The van der Waals surface area contributed by atoms with Crippen molar-refractivity contribution in [3.63, 3.8) is 0 Å². The molecule has 130 valence electrons. The Morgan fingerprint density at radius 2 is 2.00 bits per heavy atom. The van der Waals surface area contributed by atoms with E-state index in [4.69, 9.17) is 0 Å². The summed E-state index contributed by atoms with van der Waals surface area (Å²) in [7, 11) is -3.00. The van der Waals surface area contributed by atoms with E-state index in [0.717, 1.165) is 12.0 Å². The standard InChI is InChI=1S/C17H22N2O3S2/c1-3-4-16(20)18-17-19(9-13-7-5-12(2)6-8-13)14-10-24(21,22)11-15(14)23-17/h5-8,14-15H,3-4,9-11H2,1-2H3/t14-,15-/m1/s1. The Labute approximate surface area is 147 Å². The lowest BCUT2D eigenvalue weighted by molar-refractivity contribution is -0.117. The first-order valence-corrected chi connectivity index (χ1v) is 10.9. The van der Waals surface area contributed by atoms with Crippen LogP contribution in [-0.4, -0.2) is 47.2 Å². The molecule has 3 rings (SSSR count). The van der Waals surface area contributed by atoms with Crippen LogP contribution in [0.5, 0.6) is 0 Å². The van der Waals surface area contributed by atoms with Crippen molar-refractivity contribution in [1.29, 1.82) is 0 Å². The molecule has 0 radical (unpaired) electrons. The summed E-state index contributed by atoms with van der Waals surface area (Å²) in [5, 5.41) is 0.660. The third-order valence-electron chi connectivity index (χ3n) is 4.33. The van der Waals surface area contributed by atoms with Crippen LogP contribution in [0.25, 0.3) is 0 Å². The molecule has 24 heavy (non-hydrogen) atoms. The maximum atomic E-state index is 12.0. The average Bonchev–Trinajstić information content (AvgIpc) is 2.95. The number of aryl methyl sites for hydroxylation is 1. The van der Waals surface area contributed by atoms with Gasteiger partial charge in [-0.05, 0) is 18.9 Å². The van der Waals surface area contributed by atoms with Crippen LogP contribution in [0.4, 0.5) is 0 Å². The lowest BCUT2D eigenvalue weighted by Crippen LogP contribution is -2.37. The molecule has 2 fully saturated rings. The van der Waals surface area contributed by atoms with E-state index in [1.807, 2.05) is 43.0 Å². The first-order valence-electron chi connectivity index (χ1n) is 8.19. The Kier molecular flexibility index (Phi) is 5.01. The van der Waals surface area contributed by atoms with Crippen molar-refractivity contribution in [2.24, 2.45) is 4.99 Å². The number of aliphatic imine (C=N–C) groups is 1. The first-order chi connectivity index (χ1) is 11.4. The van der Waals surface area contributed by atoms with E-state index in [1.54, 1.807) is 0 Å². The van der Waals surface area contributed by atoms with E-state index in [0.29, 0.717) is 18.1 Å². The zero-order chi connectivity index (χ0) is 17.3. The number of carbonyl (C=O) groups is 1. The summed E-state index contributed by atoms with van der Waals surface area (Å²) >= 11 is 1.44. The number of sulfone groups is 1. The second-order valence-corrected chi connectivity index (χ2v) is 9.81. The van der Waals surface area contributed by atoms with Crippen molar-refractivity contribution in [2.75, 3.05) is 11.5 Å². The SMILES string of the molecule is CCCC(=O)N=C1S[C@@H]2CS(=O)(=O)C[C@H]2N1Cc1ccc(C)cc1. The highest BCUT2D eigenvalue weighted by Gasteiger charge is 2.48. The summed E-state index contributed by atoms with van der Waals surface area (Å²) in [6.45, 7) is 4.57. The fraction of sp³-hybridized carbons (Fsp3) is 0.529. The van der Waals surface area contributed by atoms with Gasteiger partial charge in [0.15, 0.2) is 15.0 Å². The highest BCUT2D eigenvalue weighted by atomic mass is 32.2. The molecule has 2 aliphatic heterocycles. The summed E-state index contributed by atoms with van der Waals surface area (Å²) in [6, 6.07) is 8.08. The molecule has 0 unspecified atom stereocenters. The Morgan fingerprint density at radius 1 is 1.29 bits per heavy atom. The van der Waals surface area contributed by atoms with E-state index in [1.165, 1.54) is 17.3 Å². The maximum absolute atomic E-state index is 12.0. The van der Waals surface area contributed by atoms with Gasteiger partial charge < -0.3 is 4.90 Å². The topological polar surface area (TPSA) is 66.8 Å². The number of benzene rings is 1. The van der Waals surface area contributed by atoms with Gasteiger partial charge in [0.1, 0.15) is 0 Å². The Hall–Kier alpha value is -1.34. The molecule has 5 nitrogen and oxygen atoms in total. The molecule has 1 aromatic carbocycles. The second kappa shape index (κ2) is 6.88. The molecule has 2 aliphatic rings. The zero-order valence-corrected chi connectivity index (χ0v) is 15.6. The van der Waals surface area contributed by atoms with Crippen LogP contribution in [0.15, 0.2) is 29.3 Å². The van der Waals surface area contributed by atoms with Crippen LogP contribution in [0.2, 0.25) is 0 Å². The molecular weight excluding hydrogens is 344 g/mol. The van der Waals surface area contributed by atoms with Gasteiger partial charge in [-0.15, -0.1) is 0 Å². The molecule has 0 aliphatic carbocycles. The van der Waals surface area contributed by atoms with Gasteiger partial charge in [-0.1, -0.05) is 48.5 Å². The number of amides is 1. The lowest BCUT2D eigenvalue weighted by Gasteiger charge is -2.24. The number of carbonyl (C=O) groups excluding carboxylic acids is 1. The number of rotatable bonds is 4. The Morgan fingerprint density at radius 3 is 2.67 bits per heavy atom. The number of amidine groups is 1. The zero-order valence-electron chi connectivity index (χ0n) is 13.9. The van der Waals surface area contributed by atoms with Gasteiger partial charge in [-0.2, -0.15) is 4.99 Å². The third kappa shape index (κ3) is 3.83. The summed E-state index contributed by atoms with van der Waals surface area (Å²) in [4.78, 5) is 18.2. The van der Waals surface area contributed by atoms with Gasteiger partial charge in [0.05, 0.1) is 17.5 Å². The molecule has 0 N–H and O–H groups in total. The van der Waals surface area contributed by atoms with E-state index in [9.17, 15) is 13.2 Å². The lowest BCUT2D eigenvalue weighted by atomic mass is 10.1. The van der Waals surface area contributed by atoms with Crippen molar-refractivity contribution >= 4 is 32.7 Å². The van der Waals surface area contributed by atoms with Gasteiger partial charge in [-0.3, -0.25) is 4.79 Å². The number of hydrogen-bond donors (Lipinski definition) is 0. The minimum atomic E-state index is -3.00. The molecule has 1 amide bonds. The predicted molar refractivity (Wildman–Crippen MR) is 97.9 cm³/mol. The van der Waals surface area contributed by atoms with Crippen LogP contribution >= 0.6 is 11.8 Å². The number of thioether (sulfide) groups is 1. The number of hydrogen-bond acceptors (Lipinski definition) is 4. The molecule has 0 spiro atoms. The number of nitrogens with zero attached hydrogens (tertiary/aromatic N) is 2. The van der Waals surface area contributed by atoms with Crippen LogP contribution < -0.4 is 0 Å². The van der Waals surface area contributed by atoms with Gasteiger partial charge >= 0.3 is 0 Å². The average molecular weight is 367 g/mol. The normalized spacial score (nSPS) is 26.8. The Balaban J connectivity index is 1.86. The number of fused-ring (bicyclic) bond motifs is 1. The van der Waals surface area contributed by atoms with Gasteiger partial charge in [0.2, 0.25) is 5.91 Å². The van der Waals surface area contributed by atoms with Crippen molar-refractivity contribution in [3.8, 4) is 0 Å². The third-order valence-corrected chi connectivity index (χ3v) is 7.58. The van der Waals surface area contributed by atoms with Gasteiger partial charge in [0, 0.05) is 18.2 Å². The highest BCUT2D eigenvalue weighted by Crippen LogP contribution is 2.39. The minimum Gasteiger partial charge on any atom is -0.342 e. The van der Waals surface area contributed by atoms with E-state index in [2.05, 4.69) is 4.99 Å². The molecule has 7 heteroatoms. The molecular formula is C17H22N2O3S2. The van der Waals surface area contributed by atoms with E-state index < -0.39 is 9.84 Å². The minimum absolute atomic E-state index is 0.0198. The first kappa shape index (κ1) is 17.5. The summed E-state index contributed by atoms with van der Waals surface area (Å²) in [5.41, 5.74) is 2.28. The molecule has 2 atom stereocenters. The molecule has 1 aromatic rings. The van der Waals surface area contributed by atoms with Crippen molar-refractivity contribution in [2.45, 2.75) is 44.5 Å². The molecule has 0 aromatic heterocycles. The van der Waals surface area contributed by atoms with Crippen LogP contribution in [0, 0.1) is 6.92 Å². The van der Waals surface area contributed by atoms with Crippen LogP contribution in [0.3, 0.4) is 0 Å². The van der Waals surface area contributed by atoms with Gasteiger partial charge in [-0.25, -0.2) is 8.42 Å². The van der Waals surface area contributed by atoms with Crippen LogP contribution in [-0.2, 0) is 21.2 Å². The van der Waals surface area contributed by atoms with Crippen molar-refractivity contribution in [3.05, 3.63) is 35.4 Å². The fourth-order valence-corrected chi connectivity index (χ4v) is 7.06. The predicted octanol–water partition coefficient (Wildman–Crippen LogP) is 2.39. The van der Waals surface area contributed by atoms with E-state index in [-0.39, 0.29) is 28.7 Å². The summed E-state index contributed by atoms with van der Waals surface area (Å²) < 4.78 is 23.9.